The summed E-state index contributed by atoms with van der Waals surface area (Å²) < 4.78 is 29.3. The Morgan fingerprint density at radius 3 is 1.91 bits per heavy atom. The molecule has 4 heteroatoms. The van der Waals surface area contributed by atoms with Gasteiger partial charge in [0.2, 0.25) is 0 Å². The molecule has 0 aliphatic rings. The molecule has 0 fully saturated rings. The van der Waals surface area contributed by atoms with Crippen molar-refractivity contribution in [2.45, 2.75) is 110 Å². The van der Waals surface area contributed by atoms with E-state index in [-0.39, 0.29) is 11.4 Å². The van der Waals surface area contributed by atoms with Crippen molar-refractivity contribution in [3.63, 3.8) is 0 Å². The first kappa shape index (κ1) is 27.1. The quantitative estimate of drug-likeness (QED) is 0.221. The number of aryl methyl sites for hydroxylation is 1. The largest absolute Gasteiger partial charge is 0.236 e. The normalized spacial score (nSPS) is 11.5. The van der Waals surface area contributed by atoms with E-state index < -0.39 is 11.6 Å². The van der Waals surface area contributed by atoms with Crippen LogP contribution in [0.3, 0.4) is 0 Å². The molecule has 0 unspecified atom stereocenters. The zero-order valence-electron chi connectivity index (χ0n) is 20.7. The van der Waals surface area contributed by atoms with Crippen LogP contribution in [-0.4, -0.2) is 9.97 Å². The molecule has 0 amide bonds. The second kappa shape index (κ2) is 16.5. The second-order valence-electron chi connectivity index (χ2n) is 9.07. The molecule has 2 rings (SSSR count). The molecular weight excluding hydrogens is 414 g/mol. The van der Waals surface area contributed by atoms with Crippen molar-refractivity contribution < 1.29 is 8.78 Å². The third-order valence-electron chi connectivity index (χ3n) is 6.16. The highest BCUT2D eigenvalue weighted by Gasteiger charge is 2.16. The molecule has 0 radical (unpaired) electrons. The van der Waals surface area contributed by atoms with Crippen LogP contribution in [0.5, 0.6) is 0 Å². The summed E-state index contributed by atoms with van der Waals surface area (Å²) in [5, 5.41) is 0. The summed E-state index contributed by atoms with van der Waals surface area (Å²) in [7, 11) is 0. The highest BCUT2D eigenvalue weighted by molar-refractivity contribution is 5.58. The SMILES string of the molecule is CCCCCCCC=Cc1cnc(-c2ccc(CCCCCCCCCC)c(F)c2F)nc1. The lowest BCUT2D eigenvalue weighted by Crippen LogP contribution is -2.00. The van der Waals surface area contributed by atoms with Gasteiger partial charge in [0.1, 0.15) is 0 Å². The Balaban J connectivity index is 1.82. The molecule has 2 aromatic rings. The first-order chi connectivity index (χ1) is 16.2. The van der Waals surface area contributed by atoms with Crippen LogP contribution in [0.2, 0.25) is 0 Å². The van der Waals surface area contributed by atoms with Crippen LogP contribution in [0.25, 0.3) is 17.5 Å². The number of unbranched alkanes of at least 4 members (excludes halogenated alkanes) is 12. The highest BCUT2D eigenvalue weighted by atomic mass is 19.2. The van der Waals surface area contributed by atoms with Gasteiger partial charge in [-0.2, -0.15) is 0 Å². The number of rotatable bonds is 17. The number of allylic oxidation sites excluding steroid dienone is 1. The van der Waals surface area contributed by atoms with Crippen molar-refractivity contribution in [2.24, 2.45) is 0 Å². The monoisotopic (exact) mass is 456 g/mol. The maximum atomic E-state index is 14.7. The van der Waals surface area contributed by atoms with Crippen molar-refractivity contribution in [3.05, 3.63) is 53.4 Å². The smallest absolute Gasteiger partial charge is 0.170 e. The van der Waals surface area contributed by atoms with E-state index >= 15 is 0 Å². The molecule has 0 saturated heterocycles. The fourth-order valence-electron chi connectivity index (χ4n) is 4.05. The van der Waals surface area contributed by atoms with Crippen molar-refractivity contribution in [3.8, 4) is 11.4 Å². The lowest BCUT2D eigenvalue weighted by Gasteiger charge is -2.08. The average molecular weight is 457 g/mol. The number of aromatic nitrogens is 2. The van der Waals surface area contributed by atoms with E-state index in [2.05, 4.69) is 29.9 Å². The van der Waals surface area contributed by atoms with Gasteiger partial charge in [-0.3, -0.25) is 0 Å². The molecule has 0 bridgehead atoms. The van der Waals surface area contributed by atoms with Gasteiger partial charge in [-0.15, -0.1) is 0 Å². The minimum absolute atomic E-state index is 0.124. The molecule has 0 atom stereocenters. The van der Waals surface area contributed by atoms with Gasteiger partial charge in [0.15, 0.2) is 17.5 Å². The highest BCUT2D eigenvalue weighted by Crippen LogP contribution is 2.25. The molecule has 1 heterocycles. The lowest BCUT2D eigenvalue weighted by molar-refractivity contribution is 0.496. The maximum Gasteiger partial charge on any atom is 0.170 e. The Morgan fingerprint density at radius 1 is 0.697 bits per heavy atom. The van der Waals surface area contributed by atoms with E-state index in [1.54, 1.807) is 24.5 Å². The van der Waals surface area contributed by atoms with Crippen LogP contribution in [0.4, 0.5) is 8.78 Å². The average Bonchev–Trinajstić information content (AvgIpc) is 2.83. The molecule has 0 aliphatic heterocycles. The first-order valence-electron chi connectivity index (χ1n) is 13.1. The molecule has 2 nitrogen and oxygen atoms in total. The topological polar surface area (TPSA) is 25.8 Å². The summed E-state index contributed by atoms with van der Waals surface area (Å²) >= 11 is 0. The number of benzene rings is 1. The number of nitrogens with zero attached hydrogens (tertiary/aromatic N) is 2. The van der Waals surface area contributed by atoms with E-state index in [0.29, 0.717) is 12.0 Å². The van der Waals surface area contributed by atoms with E-state index in [9.17, 15) is 8.78 Å². The van der Waals surface area contributed by atoms with Crippen molar-refractivity contribution in [1.82, 2.24) is 9.97 Å². The van der Waals surface area contributed by atoms with E-state index in [0.717, 1.165) is 24.8 Å². The van der Waals surface area contributed by atoms with Crippen LogP contribution in [-0.2, 0) is 6.42 Å². The van der Waals surface area contributed by atoms with Crippen LogP contribution >= 0.6 is 0 Å². The molecule has 182 valence electrons. The molecule has 1 aromatic carbocycles. The number of hydrogen-bond donors (Lipinski definition) is 0. The van der Waals surface area contributed by atoms with Gasteiger partial charge in [0.05, 0.1) is 5.56 Å². The van der Waals surface area contributed by atoms with Crippen LogP contribution in [0.15, 0.2) is 30.6 Å². The Hall–Kier alpha value is -2.10. The minimum atomic E-state index is -0.845. The lowest BCUT2D eigenvalue weighted by atomic mass is 10.0. The van der Waals surface area contributed by atoms with Crippen LogP contribution in [0, 0.1) is 11.6 Å². The molecule has 33 heavy (non-hydrogen) atoms. The standard InChI is InChI=1S/C29H42F2N2/c1-3-5-7-9-11-13-15-17-19-25-20-21-26(28(31)27(25)30)29-32-22-24(23-33-29)18-16-14-12-10-8-6-4-2/h16,18,20-23H,3-15,17,19H2,1-2H3. The van der Waals surface area contributed by atoms with Gasteiger partial charge < -0.3 is 0 Å². The van der Waals surface area contributed by atoms with Gasteiger partial charge in [0.25, 0.3) is 0 Å². The van der Waals surface area contributed by atoms with Crippen LogP contribution < -0.4 is 0 Å². The summed E-state index contributed by atoms with van der Waals surface area (Å²) in [5.74, 6) is -1.38. The van der Waals surface area contributed by atoms with E-state index in [1.165, 1.54) is 70.6 Å². The summed E-state index contributed by atoms with van der Waals surface area (Å²) in [6, 6.07) is 3.30. The molecule has 0 N–H and O–H groups in total. The minimum Gasteiger partial charge on any atom is -0.236 e. The molecule has 0 spiro atoms. The third-order valence-corrected chi connectivity index (χ3v) is 6.16. The van der Waals surface area contributed by atoms with Gasteiger partial charge >= 0.3 is 0 Å². The fraction of sp³-hybridized carbons (Fsp3) is 0.586. The number of hydrogen-bond acceptors (Lipinski definition) is 2. The third kappa shape index (κ3) is 10.1. The second-order valence-corrected chi connectivity index (χ2v) is 9.07. The Labute approximate surface area is 200 Å². The van der Waals surface area contributed by atoms with Crippen LogP contribution in [0.1, 0.15) is 115 Å². The Morgan fingerprint density at radius 2 is 1.27 bits per heavy atom. The van der Waals surface area contributed by atoms with Gasteiger partial charge in [-0.05, 0) is 37.3 Å². The van der Waals surface area contributed by atoms with E-state index in [4.69, 9.17) is 0 Å². The first-order valence-corrected chi connectivity index (χ1v) is 13.1. The van der Waals surface area contributed by atoms with Crippen molar-refractivity contribution in [2.75, 3.05) is 0 Å². The molecular formula is C29H42F2N2. The zero-order chi connectivity index (χ0) is 23.7. The summed E-state index contributed by atoms with van der Waals surface area (Å²) in [6.45, 7) is 4.44. The van der Waals surface area contributed by atoms with Gasteiger partial charge in [0, 0.05) is 18.0 Å². The van der Waals surface area contributed by atoms with Gasteiger partial charge in [-0.1, -0.05) is 103 Å². The van der Waals surface area contributed by atoms with Crippen molar-refractivity contribution in [1.29, 1.82) is 0 Å². The summed E-state index contributed by atoms with van der Waals surface area (Å²) in [4.78, 5) is 8.54. The summed E-state index contributed by atoms with van der Waals surface area (Å²) in [5.41, 5.74) is 1.44. The fourth-order valence-corrected chi connectivity index (χ4v) is 4.05. The molecule has 0 saturated carbocycles. The number of halogens is 2. The summed E-state index contributed by atoms with van der Waals surface area (Å²) in [6.07, 6.45) is 24.8. The molecule has 1 aromatic heterocycles. The Kier molecular flexibility index (Phi) is 13.6. The zero-order valence-corrected chi connectivity index (χ0v) is 20.7. The predicted octanol–water partition coefficient (Wildman–Crippen LogP) is 9.48. The van der Waals surface area contributed by atoms with Gasteiger partial charge in [-0.25, -0.2) is 18.7 Å². The van der Waals surface area contributed by atoms with Crippen molar-refractivity contribution >= 4 is 6.08 Å². The molecule has 0 aliphatic carbocycles. The predicted molar refractivity (Wildman–Crippen MR) is 136 cm³/mol. The Bertz CT molecular complexity index is 815. The van der Waals surface area contributed by atoms with E-state index in [1.807, 2.05) is 6.08 Å². The maximum absolute atomic E-state index is 14.7.